The summed E-state index contributed by atoms with van der Waals surface area (Å²) in [5.41, 5.74) is 0. The van der Waals surface area contributed by atoms with E-state index in [2.05, 4.69) is 4.74 Å². The predicted octanol–water partition coefficient (Wildman–Crippen LogP) is 3.69. The fourth-order valence-corrected chi connectivity index (χ4v) is 4.31. The Morgan fingerprint density at radius 3 is 2.25 bits per heavy atom. The Morgan fingerprint density at radius 1 is 1.04 bits per heavy atom. The van der Waals surface area contributed by atoms with Crippen LogP contribution in [0, 0.1) is 0 Å². The van der Waals surface area contributed by atoms with Crippen molar-refractivity contribution in [3.05, 3.63) is 24.3 Å². The lowest BCUT2D eigenvalue weighted by atomic mass is 10.0. The molecule has 1 fully saturated rings. The lowest BCUT2D eigenvalue weighted by molar-refractivity contribution is -0.275. The maximum atomic E-state index is 13.1. The number of nitrogens with zero attached hydrogens (tertiary/aromatic N) is 1. The SMILES string of the molecule is O=S(=O)(c1ccccc1OC(F)(F)F)N1CCCCC1C(F)(F)F. The maximum Gasteiger partial charge on any atom is 0.573 e. The molecule has 0 aliphatic carbocycles. The molecule has 1 aliphatic rings. The lowest BCUT2D eigenvalue weighted by Gasteiger charge is -2.35. The lowest BCUT2D eigenvalue weighted by Crippen LogP contribution is -2.51. The van der Waals surface area contributed by atoms with Crippen LogP contribution in [0.2, 0.25) is 0 Å². The van der Waals surface area contributed by atoms with Gasteiger partial charge in [0.25, 0.3) is 0 Å². The number of alkyl halides is 6. The highest BCUT2D eigenvalue weighted by Gasteiger charge is 2.49. The molecule has 2 rings (SSSR count). The molecule has 4 nitrogen and oxygen atoms in total. The van der Waals surface area contributed by atoms with Crippen LogP contribution < -0.4 is 4.74 Å². The summed E-state index contributed by atoms with van der Waals surface area (Å²) in [6.45, 7) is -0.424. The Kier molecular flexibility index (Phi) is 5.05. The van der Waals surface area contributed by atoms with E-state index in [1.165, 1.54) is 0 Å². The number of piperidine rings is 1. The third kappa shape index (κ3) is 4.12. The molecular weight excluding hydrogens is 364 g/mol. The second-order valence-electron chi connectivity index (χ2n) is 5.16. The number of hydrogen-bond acceptors (Lipinski definition) is 3. The largest absolute Gasteiger partial charge is 0.573 e. The molecule has 1 aromatic carbocycles. The van der Waals surface area contributed by atoms with E-state index in [1.54, 1.807) is 0 Å². The predicted molar refractivity (Wildman–Crippen MR) is 70.7 cm³/mol. The molecule has 1 unspecified atom stereocenters. The molecule has 0 bridgehead atoms. The van der Waals surface area contributed by atoms with Gasteiger partial charge in [0.1, 0.15) is 16.7 Å². The minimum absolute atomic E-state index is 0.177. The van der Waals surface area contributed by atoms with Crippen molar-refractivity contribution in [2.24, 2.45) is 0 Å². The van der Waals surface area contributed by atoms with Crippen LogP contribution in [0.1, 0.15) is 19.3 Å². The van der Waals surface area contributed by atoms with E-state index in [0.717, 1.165) is 24.3 Å². The number of benzene rings is 1. The van der Waals surface area contributed by atoms with Crippen LogP contribution in [0.15, 0.2) is 29.2 Å². The van der Waals surface area contributed by atoms with Gasteiger partial charge in [-0.15, -0.1) is 13.2 Å². The second-order valence-corrected chi connectivity index (χ2v) is 7.02. The topological polar surface area (TPSA) is 46.6 Å². The number of sulfonamides is 1. The van der Waals surface area contributed by atoms with Crippen molar-refractivity contribution < 1.29 is 39.5 Å². The molecule has 0 aromatic heterocycles. The quantitative estimate of drug-likeness (QED) is 0.755. The minimum Gasteiger partial charge on any atom is -0.404 e. The number of para-hydroxylation sites is 1. The van der Waals surface area contributed by atoms with Crippen LogP contribution in [0.4, 0.5) is 26.3 Å². The average molecular weight is 377 g/mol. The first kappa shape index (κ1) is 18.8. The Hall–Kier alpha value is -1.49. The van der Waals surface area contributed by atoms with Gasteiger partial charge in [0.05, 0.1) is 0 Å². The van der Waals surface area contributed by atoms with Crippen molar-refractivity contribution in [2.75, 3.05) is 6.54 Å². The zero-order chi connectivity index (χ0) is 18.2. The number of rotatable bonds is 3. The number of hydrogen-bond donors (Lipinski definition) is 0. The summed E-state index contributed by atoms with van der Waals surface area (Å²) in [6, 6.07) is 1.47. The maximum absolute atomic E-state index is 13.1. The highest BCUT2D eigenvalue weighted by atomic mass is 32.2. The van der Waals surface area contributed by atoms with Gasteiger partial charge in [-0.2, -0.15) is 17.5 Å². The average Bonchev–Trinajstić information content (AvgIpc) is 2.45. The Morgan fingerprint density at radius 2 is 1.67 bits per heavy atom. The molecule has 1 aliphatic heterocycles. The van der Waals surface area contributed by atoms with Crippen molar-refractivity contribution in [1.29, 1.82) is 0 Å². The highest BCUT2D eigenvalue weighted by Crippen LogP contribution is 2.38. The van der Waals surface area contributed by atoms with Crippen molar-refractivity contribution in [3.63, 3.8) is 0 Å². The van der Waals surface area contributed by atoms with Crippen molar-refractivity contribution in [2.45, 2.75) is 42.7 Å². The zero-order valence-corrected chi connectivity index (χ0v) is 12.9. The number of halogens is 6. The van der Waals surface area contributed by atoms with E-state index in [-0.39, 0.29) is 17.1 Å². The van der Waals surface area contributed by atoms with Crippen LogP contribution >= 0.6 is 0 Å². The highest BCUT2D eigenvalue weighted by molar-refractivity contribution is 7.89. The van der Waals surface area contributed by atoms with E-state index in [1.807, 2.05) is 0 Å². The molecule has 1 aromatic rings. The van der Waals surface area contributed by atoms with E-state index in [0.29, 0.717) is 0 Å². The van der Waals surface area contributed by atoms with E-state index < -0.39 is 52.2 Å². The summed E-state index contributed by atoms with van der Waals surface area (Å²) >= 11 is 0. The first-order valence-corrected chi connectivity index (χ1v) is 8.30. The third-order valence-corrected chi connectivity index (χ3v) is 5.44. The molecule has 0 saturated carbocycles. The molecular formula is C13H13F6NO3S. The normalized spacial score (nSPS) is 20.8. The summed E-state index contributed by atoms with van der Waals surface area (Å²) in [7, 11) is -4.81. The zero-order valence-electron chi connectivity index (χ0n) is 12.1. The Bertz CT molecular complexity index is 686. The van der Waals surface area contributed by atoms with Gasteiger partial charge in [-0.1, -0.05) is 18.6 Å². The van der Waals surface area contributed by atoms with E-state index >= 15 is 0 Å². The molecule has 1 heterocycles. The number of ether oxygens (including phenoxy) is 1. The fourth-order valence-electron chi connectivity index (χ4n) is 2.52. The summed E-state index contributed by atoms with van der Waals surface area (Å²) in [5.74, 6) is -1.06. The summed E-state index contributed by atoms with van der Waals surface area (Å²) in [5, 5.41) is 0. The van der Waals surface area contributed by atoms with Crippen molar-refractivity contribution in [1.82, 2.24) is 4.31 Å². The van der Waals surface area contributed by atoms with Gasteiger partial charge in [0.15, 0.2) is 0 Å². The third-order valence-electron chi connectivity index (χ3n) is 3.49. The minimum atomic E-state index is -5.17. The molecule has 1 atom stereocenters. The molecule has 24 heavy (non-hydrogen) atoms. The Labute approximate surface area is 134 Å². The molecule has 11 heteroatoms. The van der Waals surface area contributed by atoms with Gasteiger partial charge in [-0.05, 0) is 25.0 Å². The smallest absolute Gasteiger partial charge is 0.404 e. The van der Waals surface area contributed by atoms with Crippen LogP contribution in [0.3, 0.4) is 0 Å². The molecule has 136 valence electrons. The van der Waals surface area contributed by atoms with E-state index in [4.69, 9.17) is 0 Å². The van der Waals surface area contributed by atoms with E-state index in [9.17, 15) is 34.8 Å². The van der Waals surface area contributed by atoms with Gasteiger partial charge in [0, 0.05) is 6.54 Å². The first-order chi connectivity index (χ1) is 10.9. The fraction of sp³-hybridized carbons (Fsp3) is 0.538. The second kappa shape index (κ2) is 6.43. The molecule has 1 saturated heterocycles. The van der Waals surface area contributed by atoms with Crippen LogP contribution in [0.25, 0.3) is 0 Å². The standard InChI is InChI=1S/C13H13F6NO3S/c14-12(15,16)11-7-3-4-8-20(11)24(21,22)10-6-2-1-5-9(10)23-13(17,18)19/h1-2,5-6,11H,3-4,7-8H2. The molecule has 0 radical (unpaired) electrons. The van der Waals surface area contributed by atoms with Crippen molar-refractivity contribution >= 4 is 10.0 Å². The first-order valence-electron chi connectivity index (χ1n) is 6.86. The van der Waals surface area contributed by atoms with Crippen LogP contribution in [-0.4, -0.2) is 37.8 Å². The van der Waals surface area contributed by atoms with Crippen molar-refractivity contribution in [3.8, 4) is 5.75 Å². The van der Waals surface area contributed by atoms with Gasteiger partial charge in [-0.25, -0.2) is 8.42 Å². The molecule has 0 amide bonds. The van der Waals surface area contributed by atoms with Crippen LogP contribution in [0.5, 0.6) is 5.75 Å². The Balaban J connectivity index is 2.46. The molecule has 0 spiro atoms. The van der Waals surface area contributed by atoms with Gasteiger partial charge < -0.3 is 4.74 Å². The van der Waals surface area contributed by atoms with Gasteiger partial charge in [0.2, 0.25) is 10.0 Å². The summed E-state index contributed by atoms with van der Waals surface area (Å²) < 4.78 is 105. The van der Waals surface area contributed by atoms with Crippen LogP contribution in [-0.2, 0) is 10.0 Å². The van der Waals surface area contributed by atoms with Gasteiger partial charge in [-0.3, -0.25) is 0 Å². The summed E-state index contributed by atoms with van der Waals surface area (Å²) in [4.78, 5) is -0.946. The van der Waals surface area contributed by atoms with Gasteiger partial charge >= 0.3 is 12.5 Å². The monoisotopic (exact) mass is 377 g/mol. The summed E-state index contributed by atoms with van der Waals surface area (Å²) in [6.07, 6.45) is -10.1. The molecule has 0 N–H and O–H groups in total.